The van der Waals surface area contributed by atoms with Crippen molar-refractivity contribution in [3.8, 4) is 0 Å². The topological polar surface area (TPSA) is 73.0 Å². The van der Waals surface area contributed by atoms with Crippen LogP contribution in [-0.2, 0) is 12.2 Å². The van der Waals surface area contributed by atoms with E-state index in [-0.39, 0.29) is 5.91 Å². The summed E-state index contributed by atoms with van der Waals surface area (Å²) in [7, 11) is 0. The molecule has 1 aliphatic rings. The number of benzene rings is 1. The number of hydrogen-bond acceptors (Lipinski definition) is 6. The molecule has 1 saturated carbocycles. The fraction of sp³-hybridized carbons (Fsp3) is 0.435. The lowest BCUT2D eigenvalue weighted by Crippen LogP contribution is -2.25. The Labute approximate surface area is 191 Å². The minimum absolute atomic E-state index is 0.157. The summed E-state index contributed by atoms with van der Waals surface area (Å²) in [6, 6.07) is 12.6. The minimum Gasteiger partial charge on any atom is -0.459 e. The summed E-state index contributed by atoms with van der Waals surface area (Å²) in [4.78, 5) is 13.8. The molecule has 0 saturated heterocycles. The van der Waals surface area contributed by atoms with Crippen LogP contribution in [0.3, 0.4) is 0 Å². The molecule has 0 bridgehead atoms. The first-order valence-corrected chi connectivity index (χ1v) is 13.0. The zero-order chi connectivity index (χ0) is 21.5. The number of carbonyl (C=O) groups excluding carboxylic acids is 1. The third kappa shape index (κ3) is 5.54. The molecule has 4 rings (SSSR count). The Morgan fingerprint density at radius 1 is 1.19 bits per heavy atom. The van der Waals surface area contributed by atoms with Crippen LogP contribution in [0.15, 0.2) is 57.1 Å². The monoisotopic (exact) mass is 456 g/mol. The average Bonchev–Trinajstić information content (AvgIpc) is 3.56. The number of furan rings is 1. The standard InChI is InChI=1S/C23H28N4O2S2/c1-30-23-26-25-20(27(23)18-8-5-6-9-18)12-7-14-24-22(28)21-17(13-15-29-21)16-31-19-10-3-2-4-11-19/h2-4,10-11,13,15,18H,5-9,12,14,16H2,1H3,(H,24,28). The highest BCUT2D eigenvalue weighted by Crippen LogP contribution is 2.33. The normalized spacial score (nSPS) is 14.2. The number of aromatic nitrogens is 3. The Morgan fingerprint density at radius 2 is 2.00 bits per heavy atom. The van der Waals surface area contributed by atoms with Gasteiger partial charge in [-0.3, -0.25) is 4.79 Å². The molecule has 0 radical (unpaired) electrons. The van der Waals surface area contributed by atoms with E-state index in [0.29, 0.717) is 24.1 Å². The molecule has 164 valence electrons. The largest absolute Gasteiger partial charge is 0.459 e. The number of amides is 1. The van der Waals surface area contributed by atoms with Gasteiger partial charge in [0.15, 0.2) is 10.9 Å². The fourth-order valence-electron chi connectivity index (χ4n) is 4.00. The Hall–Kier alpha value is -2.19. The molecule has 31 heavy (non-hydrogen) atoms. The van der Waals surface area contributed by atoms with Gasteiger partial charge in [0.25, 0.3) is 5.91 Å². The van der Waals surface area contributed by atoms with E-state index in [1.807, 2.05) is 24.3 Å². The van der Waals surface area contributed by atoms with E-state index in [9.17, 15) is 4.79 Å². The SMILES string of the molecule is CSc1nnc(CCCNC(=O)c2occc2CSc2ccccc2)n1C1CCCC1. The third-order valence-electron chi connectivity index (χ3n) is 5.56. The predicted molar refractivity (Wildman–Crippen MR) is 125 cm³/mol. The summed E-state index contributed by atoms with van der Waals surface area (Å²) in [6.07, 6.45) is 10.2. The van der Waals surface area contributed by atoms with Crippen molar-refractivity contribution in [2.45, 2.75) is 60.4 Å². The Balaban J connectivity index is 1.28. The van der Waals surface area contributed by atoms with E-state index in [1.54, 1.807) is 29.8 Å². The van der Waals surface area contributed by atoms with Crippen LogP contribution >= 0.6 is 23.5 Å². The van der Waals surface area contributed by atoms with E-state index in [2.05, 4.69) is 38.5 Å². The predicted octanol–water partition coefficient (Wildman–Crippen LogP) is 5.36. The van der Waals surface area contributed by atoms with Crippen molar-refractivity contribution in [3.63, 3.8) is 0 Å². The van der Waals surface area contributed by atoms with Crippen molar-refractivity contribution in [1.82, 2.24) is 20.1 Å². The smallest absolute Gasteiger partial charge is 0.287 e. The summed E-state index contributed by atoms with van der Waals surface area (Å²) in [5, 5.41) is 12.8. The number of rotatable bonds is 10. The number of hydrogen-bond donors (Lipinski definition) is 1. The molecule has 0 unspecified atom stereocenters. The minimum atomic E-state index is -0.157. The second-order valence-corrected chi connectivity index (χ2v) is 9.47. The quantitative estimate of drug-likeness (QED) is 0.327. The molecular formula is C23H28N4O2S2. The van der Waals surface area contributed by atoms with Crippen LogP contribution in [0.5, 0.6) is 0 Å². The maximum absolute atomic E-state index is 12.6. The molecule has 0 spiro atoms. The van der Waals surface area contributed by atoms with Gasteiger partial charge < -0.3 is 14.3 Å². The molecule has 1 N–H and O–H groups in total. The summed E-state index contributed by atoms with van der Waals surface area (Å²) in [5.74, 6) is 1.98. The second-order valence-electron chi connectivity index (χ2n) is 7.65. The lowest BCUT2D eigenvalue weighted by atomic mass is 10.2. The van der Waals surface area contributed by atoms with E-state index < -0.39 is 0 Å². The van der Waals surface area contributed by atoms with Crippen LogP contribution < -0.4 is 5.32 Å². The number of nitrogens with one attached hydrogen (secondary N) is 1. The van der Waals surface area contributed by atoms with Crippen LogP contribution in [0.1, 0.15) is 60.1 Å². The Bertz CT molecular complexity index is 981. The van der Waals surface area contributed by atoms with Gasteiger partial charge in [0.1, 0.15) is 5.82 Å². The van der Waals surface area contributed by atoms with Gasteiger partial charge in [0.2, 0.25) is 0 Å². The zero-order valence-electron chi connectivity index (χ0n) is 17.8. The summed E-state index contributed by atoms with van der Waals surface area (Å²) in [5.41, 5.74) is 0.914. The molecule has 1 aromatic carbocycles. The first-order chi connectivity index (χ1) is 15.3. The van der Waals surface area contributed by atoms with Gasteiger partial charge in [-0.2, -0.15) is 0 Å². The first kappa shape index (κ1) is 22.0. The van der Waals surface area contributed by atoms with Gasteiger partial charge in [-0.25, -0.2) is 0 Å². The van der Waals surface area contributed by atoms with Gasteiger partial charge >= 0.3 is 0 Å². The van der Waals surface area contributed by atoms with E-state index >= 15 is 0 Å². The highest BCUT2D eigenvalue weighted by Gasteiger charge is 2.23. The molecular weight excluding hydrogens is 428 g/mol. The van der Waals surface area contributed by atoms with Crippen molar-refractivity contribution in [2.75, 3.05) is 12.8 Å². The first-order valence-electron chi connectivity index (χ1n) is 10.8. The maximum Gasteiger partial charge on any atom is 0.287 e. The zero-order valence-corrected chi connectivity index (χ0v) is 19.4. The molecule has 6 nitrogen and oxygen atoms in total. The lowest BCUT2D eigenvalue weighted by Gasteiger charge is -2.16. The molecule has 3 aromatic rings. The molecule has 8 heteroatoms. The van der Waals surface area contributed by atoms with Crippen LogP contribution in [0.4, 0.5) is 0 Å². The third-order valence-corrected chi connectivity index (χ3v) is 7.27. The van der Waals surface area contributed by atoms with Crippen molar-refractivity contribution >= 4 is 29.4 Å². The van der Waals surface area contributed by atoms with Crippen molar-refractivity contribution in [3.05, 3.63) is 59.8 Å². The molecule has 1 fully saturated rings. The molecule has 2 aromatic heterocycles. The van der Waals surface area contributed by atoms with Crippen LogP contribution in [0, 0.1) is 0 Å². The number of aryl methyl sites for hydroxylation is 1. The fourth-order valence-corrected chi connectivity index (χ4v) is 5.47. The molecule has 2 heterocycles. The summed E-state index contributed by atoms with van der Waals surface area (Å²) in [6.45, 7) is 0.580. The van der Waals surface area contributed by atoms with Crippen molar-refractivity contribution < 1.29 is 9.21 Å². The van der Waals surface area contributed by atoms with E-state index in [1.165, 1.54) is 30.6 Å². The average molecular weight is 457 g/mol. The van der Waals surface area contributed by atoms with Gasteiger partial charge in [-0.15, -0.1) is 22.0 Å². The Morgan fingerprint density at radius 3 is 2.77 bits per heavy atom. The molecule has 1 amide bonds. The molecule has 0 aliphatic heterocycles. The van der Waals surface area contributed by atoms with Gasteiger partial charge in [0.05, 0.1) is 6.26 Å². The van der Waals surface area contributed by atoms with Crippen molar-refractivity contribution in [1.29, 1.82) is 0 Å². The van der Waals surface area contributed by atoms with Crippen molar-refractivity contribution in [2.24, 2.45) is 0 Å². The number of thioether (sulfide) groups is 2. The van der Waals surface area contributed by atoms with Gasteiger partial charge in [-0.05, 0) is 43.7 Å². The van der Waals surface area contributed by atoms with Gasteiger partial charge in [0, 0.05) is 35.2 Å². The van der Waals surface area contributed by atoms with E-state index in [0.717, 1.165) is 29.4 Å². The van der Waals surface area contributed by atoms with Gasteiger partial charge in [-0.1, -0.05) is 42.8 Å². The van der Waals surface area contributed by atoms with Crippen LogP contribution in [0.25, 0.3) is 0 Å². The highest BCUT2D eigenvalue weighted by atomic mass is 32.2. The number of nitrogens with zero attached hydrogens (tertiary/aromatic N) is 3. The van der Waals surface area contributed by atoms with Crippen LogP contribution in [-0.4, -0.2) is 33.5 Å². The van der Waals surface area contributed by atoms with E-state index in [4.69, 9.17) is 4.42 Å². The summed E-state index contributed by atoms with van der Waals surface area (Å²) >= 11 is 3.35. The maximum atomic E-state index is 12.6. The lowest BCUT2D eigenvalue weighted by molar-refractivity contribution is 0.0924. The summed E-state index contributed by atoms with van der Waals surface area (Å²) < 4.78 is 7.80. The Kier molecular flexibility index (Phi) is 7.75. The number of carbonyl (C=O) groups is 1. The second kappa shape index (κ2) is 10.9. The highest BCUT2D eigenvalue weighted by molar-refractivity contribution is 7.98. The molecule has 0 atom stereocenters. The molecule has 1 aliphatic carbocycles. The van der Waals surface area contributed by atoms with Crippen LogP contribution in [0.2, 0.25) is 0 Å².